The van der Waals surface area contributed by atoms with Gasteiger partial charge in [0.25, 0.3) is 0 Å². The lowest BCUT2D eigenvalue weighted by atomic mass is 9.87. The standard InChI is InChI=1S/C23H29N3O2.C2HF3O2/c1-16(2)28-21-11-10-18(27-14-12-17-7-4-3-5-8-17)15-19(21)22-25-20-9-6-13-24-23(20)26-22;3-2(4,5)1(6)7/h6,9-11,13,15-17H,3-5,7-8,12,14H2,1-2H3,(H,24,25,26);(H,6,7). The van der Waals surface area contributed by atoms with Gasteiger partial charge in [-0.15, -0.1) is 0 Å². The summed E-state index contributed by atoms with van der Waals surface area (Å²) in [5.74, 6) is 0.469. The number of nitrogens with one attached hydrogen (secondary N) is 1. The highest BCUT2D eigenvalue weighted by atomic mass is 19.4. The number of alkyl halides is 3. The maximum Gasteiger partial charge on any atom is 0.490 e. The lowest BCUT2D eigenvalue weighted by Gasteiger charge is -2.21. The van der Waals surface area contributed by atoms with E-state index in [1.807, 2.05) is 44.2 Å². The molecule has 0 bridgehead atoms. The molecule has 3 aromatic rings. The van der Waals surface area contributed by atoms with E-state index in [9.17, 15) is 13.2 Å². The van der Waals surface area contributed by atoms with Crippen molar-refractivity contribution in [2.45, 2.75) is 64.7 Å². The predicted molar refractivity (Wildman–Crippen MR) is 125 cm³/mol. The predicted octanol–water partition coefficient (Wildman–Crippen LogP) is 6.39. The Balaban J connectivity index is 0.000000429. The molecule has 1 aromatic carbocycles. The number of aliphatic carboxylic acids is 1. The van der Waals surface area contributed by atoms with Crippen LogP contribution in [-0.4, -0.2) is 44.9 Å². The van der Waals surface area contributed by atoms with Crippen LogP contribution in [-0.2, 0) is 4.79 Å². The molecule has 7 nitrogen and oxygen atoms in total. The van der Waals surface area contributed by atoms with Gasteiger partial charge >= 0.3 is 12.1 Å². The Kier molecular flexibility index (Phi) is 8.95. The second-order valence-electron chi connectivity index (χ2n) is 8.73. The molecule has 1 aliphatic rings. The van der Waals surface area contributed by atoms with Gasteiger partial charge in [0.15, 0.2) is 5.65 Å². The smallest absolute Gasteiger partial charge is 0.490 e. The highest BCUT2D eigenvalue weighted by Gasteiger charge is 2.38. The maximum absolute atomic E-state index is 10.6. The first-order chi connectivity index (χ1) is 16.6. The number of nitrogens with zero attached hydrogens (tertiary/aromatic N) is 2. The second kappa shape index (κ2) is 11.9. The highest BCUT2D eigenvalue weighted by molar-refractivity contribution is 5.78. The van der Waals surface area contributed by atoms with Crippen molar-refractivity contribution in [3.05, 3.63) is 36.5 Å². The summed E-state index contributed by atoms with van der Waals surface area (Å²) in [6.45, 7) is 4.81. The van der Waals surface area contributed by atoms with E-state index in [0.29, 0.717) is 5.65 Å². The highest BCUT2D eigenvalue weighted by Crippen LogP contribution is 2.34. The molecular weight excluding hydrogens is 463 g/mol. The van der Waals surface area contributed by atoms with Crippen LogP contribution in [0.5, 0.6) is 11.5 Å². The minimum Gasteiger partial charge on any atom is -0.494 e. The first kappa shape index (κ1) is 26.3. The van der Waals surface area contributed by atoms with E-state index in [-0.39, 0.29) is 6.10 Å². The van der Waals surface area contributed by atoms with E-state index in [1.165, 1.54) is 32.1 Å². The van der Waals surface area contributed by atoms with Crippen molar-refractivity contribution >= 4 is 17.1 Å². The number of hydrogen-bond acceptors (Lipinski definition) is 5. The Labute approximate surface area is 201 Å². The number of rotatable bonds is 7. The number of halogens is 3. The van der Waals surface area contributed by atoms with E-state index in [0.717, 1.165) is 47.3 Å². The van der Waals surface area contributed by atoms with Crippen molar-refractivity contribution in [2.24, 2.45) is 5.92 Å². The number of aromatic nitrogens is 3. The molecule has 2 aromatic heterocycles. The van der Waals surface area contributed by atoms with Gasteiger partial charge in [-0.05, 0) is 56.5 Å². The Bertz CT molecular complexity index is 1080. The van der Waals surface area contributed by atoms with Gasteiger partial charge in [0, 0.05) is 6.20 Å². The number of fused-ring (bicyclic) bond motifs is 1. The van der Waals surface area contributed by atoms with E-state index in [4.69, 9.17) is 19.4 Å². The largest absolute Gasteiger partial charge is 0.494 e. The zero-order valence-electron chi connectivity index (χ0n) is 19.8. The zero-order valence-corrected chi connectivity index (χ0v) is 19.8. The van der Waals surface area contributed by atoms with Gasteiger partial charge in [-0.1, -0.05) is 32.1 Å². The van der Waals surface area contributed by atoms with Gasteiger partial charge in [0.05, 0.1) is 23.8 Å². The van der Waals surface area contributed by atoms with Crippen LogP contribution in [0, 0.1) is 5.92 Å². The summed E-state index contributed by atoms with van der Waals surface area (Å²) in [7, 11) is 0. The Morgan fingerprint density at radius 2 is 1.91 bits per heavy atom. The molecule has 35 heavy (non-hydrogen) atoms. The van der Waals surface area contributed by atoms with Crippen molar-refractivity contribution in [1.82, 2.24) is 15.0 Å². The van der Waals surface area contributed by atoms with Crippen molar-refractivity contribution in [3.63, 3.8) is 0 Å². The first-order valence-electron chi connectivity index (χ1n) is 11.7. The van der Waals surface area contributed by atoms with Crippen LogP contribution < -0.4 is 9.47 Å². The van der Waals surface area contributed by atoms with Crippen LogP contribution >= 0.6 is 0 Å². The summed E-state index contributed by atoms with van der Waals surface area (Å²) < 4.78 is 43.8. The molecule has 0 aliphatic heterocycles. The SMILES string of the molecule is CC(C)Oc1ccc(OCCC2CCCCC2)cc1-c1nc2ncccc2[nH]1.O=C(O)C(F)(F)F. The fraction of sp³-hybridized carbons (Fsp3) is 0.480. The molecule has 4 rings (SSSR count). The number of imidazole rings is 1. The molecule has 1 aliphatic carbocycles. The van der Waals surface area contributed by atoms with Gasteiger partial charge < -0.3 is 19.6 Å². The van der Waals surface area contributed by atoms with Gasteiger partial charge in [0.1, 0.15) is 17.3 Å². The van der Waals surface area contributed by atoms with Gasteiger partial charge in [-0.3, -0.25) is 0 Å². The molecule has 1 fully saturated rings. The molecule has 0 unspecified atom stereocenters. The van der Waals surface area contributed by atoms with E-state index in [2.05, 4.69) is 15.0 Å². The van der Waals surface area contributed by atoms with Crippen molar-refractivity contribution in [2.75, 3.05) is 6.61 Å². The number of benzene rings is 1. The van der Waals surface area contributed by atoms with E-state index >= 15 is 0 Å². The number of ether oxygens (including phenoxy) is 2. The van der Waals surface area contributed by atoms with Crippen LogP contribution in [0.4, 0.5) is 13.2 Å². The average molecular weight is 494 g/mol. The summed E-state index contributed by atoms with van der Waals surface area (Å²) in [5.41, 5.74) is 2.52. The maximum atomic E-state index is 10.6. The average Bonchev–Trinajstić information content (AvgIpc) is 3.24. The third-order valence-corrected chi connectivity index (χ3v) is 5.59. The molecule has 0 saturated heterocycles. The quantitative estimate of drug-likeness (QED) is 0.396. The molecule has 1 saturated carbocycles. The number of hydrogen-bond donors (Lipinski definition) is 2. The summed E-state index contributed by atoms with van der Waals surface area (Å²) in [5, 5.41) is 7.12. The third kappa shape index (κ3) is 7.87. The molecule has 2 N–H and O–H groups in total. The number of aromatic amines is 1. The van der Waals surface area contributed by atoms with Crippen LogP contribution in [0.3, 0.4) is 0 Å². The molecule has 0 radical (unpaired) electrons. The molecule has 190 valence electrons. The summed E-state index contributed by atoms with van der Waals surface area (Å²) in [6, 6.07) is 9.87. The van der Waals surface area contributed by atoms with Crippen LogP contribution in [0.2, 0.25) is 0 Å². The Hall–Kier alpha value is -3.30. The summed E-state index contributed by atoms with van der Waals surface area (Å²) in [6.07, 6.45) is 4.72. The zero-order chi connectivity index (χ0) is 25.4. The molecular formula is C25H30F3N3O4. The number of H-pyrrole nitrogens is 1. The Morgan fingerprint density at radius 1 is 1.20 bits per heavy atom. The van der Waals surface area contributed by atoms with Crippen molar-refractivity contribution in [1.29, 1.82) is 0 Å². The fourth-order valence-electron chi connectivity index (χ4n) is 3.93. The molecule has 2 heterocycles. The number of carboxylic acids is 1. The second-order valence-corrected chi connectivity index (χ2v) is 8.73. The molecule has 0 amide bonds. The van der Waals surface area contributed by atoms with E-state index in [1.54, 1.807) is 6.20 Å². The third-order valence-electron chi connectivity index (χ3n) is 5.59. The van der Waals surface area contributed by atoms with Gasteiger partial charge in [0.2, 0.25) is 0 Å². The summed E-state index contributed by atoms with van der Waals surface area (Å²) >= 11 is 0. The molecule has 0 spiro atoms. The lowest BCUT2D eigenvalue weighted by molar-refractivity contribution is -0.192. The van der Waals surface area contributed by atoms with Crippen LogP contribution in [0.1, 0.15) is 52.4 Å². The van der Waals surface area contributed by atoms with Crippen molar-refractivity contribution < 1.29 is 32.5 Å². The first-order valence-corrected chi connectivity index (χ1v) is 11.7. The van der Waals surface area contributed by atoms with E-state index < -0.39 is 12.1 Å². The number of pyridine rings is 1. The molecule has 0 atom stereocenters. The minimum absolute atomic E-state index is 0.0827. The van der Waals surface area contributed by atoms with Gasteiger partial charge in [-0.2, -0.15) is 13.2 Å². The monoisotopic (exact) mass is 493 g/mol. The van der Waals surface area contributed by atoms with Crippen molar-refractivity contribution in [3.8, 4) is 22.9 Å². The molecule has 10 heteroatoms. The number of carboxylic acid groups (broad SMARTS) is 1. The normalized spacial score (nSPS) is 14.5. The summed E-state index contributed by atoms with van der Waals surface area (Å²) in [4.78, 5) is 21.2. The fourth-order valence-corrected chi connectivity index (χ4v) is 3.93. The topological polar surface area (TPSA) is 97.3 Å². The lowest BCUT2D eigenvalue weighted by Crippen LogP contribution is -2.21. The minimum atomic E-state index is -5.08. The van der Waals surface area contributed by atoms with Gasteiger partial charge in [-0.25, -0.2) is 14.8 Å². The van der Waals surface area contributed by atoms with Crippen LogP contribution in [0.15, 0.2) is 36.5 Å². The van der Waals surface area contributed by atoms with Crippen LogP contribution in [0.25, 0.3) is 22.6 Å². The Morgan fingerprint density at radius 3 is 2.54 bits per heavy atom. The number of carbonyl (C=O) groups is 1.